The first kappa shape index (κ1) is 27.7. The molecule has 0 radical (unpaired) electrons. The molecule has 0 fully saturated rings. The van der Waals surface area contributed by atoms with Gasteiger partial charge in [-0.1, -0.05) is 77.9 Å². The van der Waals surface area contributed by atoms with Crippen LogP contribution in [-0.4, -0.2) is 34.8 Å². The number of hydrogen-bond acceptors (Lipinski definition) is 4. The molecular weight excluding hydrogens is 560 g/mol. The minimum atomic E-state index is -1.04. The molecule has 2 aliphatic rings. The summed E-state index contributed by atoms with van der Waals surface area (Å²) in [6.07, 6.45) is -1.04. The number of carbonyl (C=O) groups excluding carboxylic acids is 3. The molecule has 0 bridgehead atoms. The topological polar surface area (TPSA) is 77.9 Å². The van der Waals surface area contributed by atoms with Gasteiger partial charge in [0.1, 0.15) is 0 Å². The lowest BCUT2D eigenvalue weighted by molar-refractivity contribution is 0.0174. The van der Waals surface area contributed by atoms with E-state index in [9.17, 15) is 19.5 Å². The van der Waals surface area contributed by atoms with Gasteiger partial charge in [-0.25, -0.2) is 4.90 Å². The number of carbonyl (C=O) groups is 3. The zero-order valence-electron chi connectivity index (χ0n) is 26.5. The molecule has 6 aromatic carbocycles. The zero-order valence-corrected chi connectivity index (χ0v) is 26.5. The van der Waals surface area contributed by atoms with Gasteiger partial charge in [-0.05, 0) is 84.6 Å². The maximum Gasteiger partial charge on any atom is 0.265 e. The molecule has 8 rings (SSSR count). The van der Waals surface area contributed by atoms with Crippen molar-refractivity contribution in [3.63, 3.8) is 0 Å². The molecule has 3 amide bonds. The van der Waals surface area contributed by atoms with Gasteiger partial charge in [0, 0.05) is 40.1 Å². The zero-order chi connectivity index (χ0) is 31.9. The van der Waals surface area contributed by atoms with E-state index in [1.165, 1.54) is 9.80 Å². The largest absolute Gasteiger partial charge is 0.369 e. The van der Waals surface area contributed by atoms with Crippen LogP contribution in [0.4, 0.5) is 5.69 Å². The van der Waals surface area contributed by atoms with E-state index >= 15 is 0 Å². The summed E-state index contributed by atoms with van der Waals surface area (Å²) in [7, 11) is 1.60. The lowest BCUT2D eigenvalue weighted by Crippen LogP contribution is -2.40. The van der Waals surface area contributed by atoms with Gasteiger partial charge in [-0.3, -0.25) is 14.4 Å². The van der Waals surface area contributed by atoms with Crippen molar-refractivity contribution in [3.05, 3.63) is 100 Å². The molecule has 1 unspecified atom stereocenters. The van der Waals surface area contributed by atoms with Crippen molar-refractivity contribution in [3.8, 4) is 0 Å². The quantitative estimate of drug-likeness (QED) is 0.118. The summed E-state index contributed by atoms with van der Waals surface area (Å²) >= 11 is 0. The number of aliphatic hydroxyl groups excluding tert-OH is 1. The Labute approximate surface area is 261 Å². The minimum absolute atomic E-state index is 0.179. The van der Waals surface area contributed by atoms with Gasteiger partial charge < -0.3 is 10.0 Å². The Morgan fingerprint density at radius 2 is 0.978 bits per heavy atom. The first-order chi connectivity index (χ1) is 21.2. The third-order valence-corrected chi connectivity index (χ3v) is 9.90. The van der Waals surface area contributed by atoms with Crippen LogP contribution >= 0.6 is 0 Å². The van der Waals surface area contributed by atoms with E-state index in [1.807, 2.05) is 60.7 Å². The van der Waals surface area contributed by atoms with E-state index in [0.717, 1.165) is 48.8 Å². The molecule has 45 heavy (non-hydrogen) atoms. The van der Waals surface area contributed by atoms with E-state index < -0.39 is 6.23 Å². The predicted octanol–water partition coefficient (Wildman–Crippen LogP) is 8.21. The summed E-state index contributed by atoms with van der Waals surface area (Å²) in [5.41, 5.74) is 4.58. The molecule has 6 aromatic rings. The van der Waals surface area contributed by atoms with E-state index in [2.05, 4.69) is 47.6 Å². The standard InChI is InChI=1S/C39H34N2O4/c1-38(2,3)19-16-20(39(4,5)6)18-21(17-19)41-36(44)28-14-10-24-22-8-12-26-32-27(35(43)40(7)34(26)42)13-9-23(30(22)32)25-11-15-29(37(41)45)33(28)31(24)25/h8-18,34,42H,1-7H3. The fourth-order valence-electron chi connectivity index (χ4n) is 7.35. The minimum Gasteiger partial charge on any atom is -0.369 e. The van der Waals surface area contributed by atoms with Gasteiger partial charge in [0.25, 0.3) is 17.7 Å². The Morgan fingerprint density at radius 1 is 0.556 bits per heavy atom. The number of benzene rings is 6. The number of hydrogen-bond donors (Lipinski definition) is 1. The summed E-state index contributed by atoms with van der Waals surface area (Å²) in [6.45, 7) is 12.8. The first-order valence-corrected chi connectivity index (χ1v) is 15.4. The van der Waals surface area contributed by atoms with Crippen molar-refractivity contribution in [1.29, 1.82) is 0 Å². The van der Waals surface area contributed by atoms with Crippen LogP contribution in [0.3, 0.4) is 0 Å². The molecule has 6 nitrogen and oxygen atoms in total. The van der Waals surface area contributed by atoms with E-state index in [4.69, 9.17) is 0 Å². The third kappa shape index (κ3) is 3.57. The second kappa shape index (κ2) is 8.67. The summed E-state index contributed by atoms with van der Waals surface area (Å²) in [5, 5.41) is 17.8. The van der Waals surface area contributed by atoms with Crippen LogP contribution in [0.15, 0.2) is 66.7 Å². The molecule has 1 atom stereocenters. The van der Waals surface area contributed by atoms with Crippen LogP contribution in [0, 0.1) is 0 Å². The molecule has 2 aliphatic heterocycles. The molecule has 0 aromatic heterocycles. The average molecular weight is 595 g/mol. The molecule has 0 aliphatic carbocycles. The number of fused-ring (bicyclic) bond motifs is 2. The number of nitrogens with zero attached hydrogens (tertiary/aromatic N) is 2. The van der Waals surface area contributed by atoms with Gasteiger partial charge in [-0.2, -0.15) is 0 Å². The number of amides is 3. The Bertz CT molecular complexity index is 2230. The van der Waals surface area contributed by atoms with Crippen LogP contribution in [0.5, 0.6) is 0 Å². The Morgan fingerprint density at radius 3 is 1.44 bits per heavy atom. The molecular formula is C39H34N2O4. The predicted molar refractivity (Wildman–Crippen MR) is 180 cm³/mol. The van der Waals surface area contributed by atoms with E-state index in [-0.39, 0.29) is 28.6 Å². The average Bonchev–Trinajstić information content (AvgIpc) is 2.99. The van der Waals surface area contributed by atoms with Crippen molar-refractivity contribution in [1.82, 2.24) is 4.90 Å². The van der Waals surface area contributed by atoms with Crippen LogP contribution in [0.1, 0.15) is 95.5 Å². The lowest BCUT2D eigenvalue weighted by atomic mass is 9.80. The lowest BCUT2D eigenvalue weighted by Gasteiger charge is -2.33. The van der Waals surface area contributed by atoms with Gasteiger partial charge in [0.2, 0.25) is 0 Å². The molecule has 0 spiro atoms. The highest BCUT2D eigenvalue weighted by molar-refractivity contribution is 6.42. The monoisotopic (exact) mass is 594 g/mol. The smallest absolute Gasteiger partial charge is 0.265 e. The van der Waals surface area contributed by atoms with Gasteiger partial charge in [-0.15, -0.1) is 0 Å². The van der Waals surface area contributed by atoms with Crippen LogP contribution in [0.2, 0.25) is 0 Å². The fourth-order valence-corrected chi connectivity index (χ4v) is 7.35. The Hall–Kier alpha value is -4.81. The molecule has 1 N–H and O–H groups in total. The second-order valence-electron chi connectivity index (χ2n) is 14.7. The number of imide groups is 1. The fraction of sp³-hybridized carbons (Fsp3) is 0.256. The molecule has 2 heterocycles. The van der Waals surface area contributed by atoms with E-state index in [0.29, 0.717) is 33.3 Å². The van der Waals surface area contributed by atoms with Crippen molar-refractivity contribution < 1.29 is 19.5 Å². The highest BCUT2D eigenvalue weighted by atomic mass is 16.3. The van der Waals surface area contributed by atoms with Crippen LogP contribution in [-0.2, 0) is 10.8 Å². The van der Waals surface area contributed by atoms with Crippen molar-refractivity contribution in [2.45, 2.75) is 58.6 Å². The van der Waals surface area contributed by atoms with Crippen LogP contribution < -0.4 is 4.90 Å². The number of aliphatic hydroxyl groups is 1. The normalized spacial score (nSPS) is 17.2. The molecule has 224 valence electrons. The molecule has 6 heteroatoms. The highest BCUT2D eigenvalue weighted by Crippen LogP contribution is 2.48. The molecule has 0 saturated carbocycles. The highest BCUT2D eigenvalue weighted by Gasteiger charge is 2.37. The van der Waals surface area contributed by atoms with E-state index in [1.54, 1.807) is 7.05 Å². The summed E-state index contributed by atoms with van der Waals surface area (Å²) in [4.78, 5) is 44.6. The van der Waals surface area contributed by atoms with Crippen molar-refractivity contribution >= 4 is 66.5 Å². The number of anilines is 1. The van der Waals surface area contributed by atoms with Crippen LogP contribution in [0.25, 0.3) is 43.1 Å². The molecule has 0 saturated heterocycles. The Kier molecular flexibility index (Phi) is 5.34. The maximum atomic E-state index is 14.4. The van der Waals surface area contributed by atoms with Gasteiger partial charge in [0.05, 0.1) is 5.69 Å². The van der Waals surface area contributed by atoms with Gasteiger partial charge >= 0.3 is 0 Å². The SMILES string of the molecule is CN1C(=O)c2ccc3c4ccc5c6c(ccc(c7ccc(c2c37)C1O)c64)C(=O)N(c1cc(C(C)(C)C)cc(C(C)(C)C)c1)C5=O. The van der Waals surface area contributed by atoms with Crippen molar-refractivity contribution in [2.24, 2.45) is 0 Å². The summed E-state index contributed by atoms with van der Waals surface area (Å²) in [5.74, 6) is -0.902. The van der Waals surface area contributed by atoms with Crippen molar-refractivity contribution in [2.75, 3.05) is 11.9 Å². The number of rotatable bonds is 1. The second-order valence-corrected chi connectivity index (χ2v) is 14.7. The third-order valence-electron chi connectivity index (χ3n) is 9.90. The maximum absolute atomic E-state index is 14.4. The summed E-state index contributed by atoms with van der Waals surface area (Å²) in [6, 6.07) is 21.4. The Balaban J connectivity index is 1.41. The van der Waals surface area contributed by atoms with Gasteiger partial charge in [0.15, 0.2) is 6.23 Å². The first-order valence-electron chi connectivity index (χ1n) is 15.4. The summed E-state index contributed by atoms with van der Waals surface area (Å²) < 4.78 is 0.